The van der Waals surface area contributed by atoms with E-state index in [1.807, 2.05) is 13.0 Å². The molecule has 1 aromatic heterocycles. The van der Waals surface area contributed by atoms with Crippen LogP contribution in [0.2, 0.25) is 0 Å². The number of hydrogen-bond acceptors (Lipinski definition) is 5. The second kappa shape index (κ2) is 8.80. The first-order valence-electron chi connectivity index (χ1n) is 10.8. The molecule has 29 heavy (non-hydrogen) atoms. The Balaban J connectivity index is 1.42. The smallest absolute Gasteiger partial charge is 0.270 e. The van der Waals surface area contributed by atoms with Gasteiger partial charge in [-0.05, 0) is 44.4 Å². The molecule has 1 amide bonds. The summed E-state index contributed by atoms with van der Waals surface area (Å²) in [6.45, 7) is 7.64. The molecule has 0 atom stereocenters. The summed E-state index contributed by atoms with van der Waals surface area (Å²) in [4.78, 5) is 26.4. The number of benzene rings is 1. The number of aromatic nitrogens is 2. The van der Waals surface area contributed by atoms with E-state index < -0.39 is 0 Å². The number of nitrogens with zero attached hydrogens (tertiary/aromatic N) is 4. The highest BCUT2D eigenvalue weighted by molar-refractivity contribution is 5.93. The molecule has 1 N–H and O–H groups in total. The quantitative estimate of drug-likeness (QED) is 0.862. The number of nitrogens with one attached hydrogen (secondary N) is 1. The number of anilines is 2. The highest BCUT2D eigenvalue weighted by Gasteiger charge is 2.22. The first-order valence-corrected chi connectivity index (χ1v) is 10.8. The van der Waals surface area contributed by atoms with Crippen molar-refractivity contribution in [1.82, 2.24) is 15.3 Å². The van der Waals surface area contributed by atoms with Crippen molar-refractivity contribution >= 4 is 17.4 Å². The zero-order valence-electron chi connectivity index (χ0n) is 17.5. The van der Waals surface area contributed by atoms with Crippen LogP contribution < -0.4 is 15.1 Å². The van der Waals surface area contributed by atoms with Gasteiger partial charge in [0.2, 0.25) is 0 Å². The first-order chi connectivity index (χ1) is 14.1. The van der Waals surface area contributed by atoms with Gasteiger partial charge in [-0.3, -0.25) is 4.79 Å². The molecular formula is C23H31N5O. The van der Waals surface area contributed by atoms with Crippen molar-refractivity contribution in [2.75, 3.05) is 36.0 Å². The predicted molar refractivity (Wildman–Crippen MR) is 117 cm³/mol. The van der Waals surface area contributed by atoms with Crippen LogP contribution in [-0.4, -0.2) is 48.1 Å². The third-order valence-electron chi connectivity index (χ3n) is 5.97. The van der Waals surface area contributed by atoms with Crippen LogP contribution in [0.3, 0.4) is 0 Å². The van der Waals surface area contributed by atoms with Gasteiger partial charge in [-0.15, -0.1) is 0 Å². The summed E-state index contributed by atoms with van der Waals surface area (Å²) in [6.07, 6.45) is 5.82. The zero-order valence-corrected chi connectivity index (χ0v) is 17.5. The number of carbonyl (C=O) groups is 1. The van der Waals surface area contributed by atoms with E-state index in [1.165, 1.54) is 30.5 Å². The fourth-order valence-corrected chi connectivity index (χ4v) is 4.35. The third-order valence-corrected chi connectivity index (χ3v) is 5.97. The van der Waals surface area contributed by atoms with E-state index in [-0.39, 0.29) is 11.9 Å². The topological polar surface area (TPSA) is 61.4 Å². The minimum atomic E-state index is -0.0675. The van der Waals surface area contributed by atoms with Crippen molar-refractivity contribution < 1.29 is 4.79 Å². The molecule has 0 radical (unpaired) electrons. The van der Waals surface area contributed by atoms with Crippen LogP contribution in [0.15, 0.2) is 30.3 Å². The van der Waals surface area contributed by atoms with Crippen LogP contribution in [0.25, 0.3) is 0 Å². The van der Waals surface area contributed by atoms with E-state index >= 15 is 0 Å². The lowest BCUT2D eigenvalue weighted by Crippen LogP contribution is -2.47. The highest BCUT2D eigenvalue weighted by Crippen LogP contribution is 2.22. The van der Waals surface area contributed by atoms with Crippen molar-refractivity contribution in [3.63, 3.8) is 0 Å². The fourth-order valence-electron chi connectivity index (χ4n) is 4.35. The average molecular weight is 394 g/mol. The van der Waals surface area contributed by atoms with E-state index in [0.717, 1.165) is 44.8 Å². The Hall–Kier alpha value is -2.63. The maximum Gasteiger partial charge on any atom is 0.270 e. The minimum absolute atomic E-state index is 0.0675. The normalized spacial score (nSPS) is 18.0. The Morgan fingerprint density at radius 3 is 2.41 bits per heavy atom. The molecule has 4 rings (SSSR count). The van der Waals surface area contributed by atoms with Crippen molar-refractivity contribution in [3.8, 4) is 0 Å². The highest BCUT2D eigenvalue weighted by atomic mass is 16.1. The number of hydrogen-bond donors (Lipinski definition) is 1. The summed E-state index contributed by atoms with van der Waals surface area (Å²) in [6, 6.07) is 10.8. The lowest BCUT2D eigenvalue weighted by atomic mass is 9.95. The van der Waals surface area contributed by atoms with E-state index in [0.29, 0.717) is 11.5 Å². The second-order valence-electron chi connectivity index (χ2n) is 8.28. The summed E-state index contributed by atoms with van der Waals surface area (Å²) in [5.74, 6) is 1.44. The van der Waals surface area contributed by atoms with Crippen LogP contribution in [0, 0.1) is 13.8 Å². The second-order valence-corrected chi connectivity index (χ2v) is 8.28. The molecule has 2 fully saturated rings. The van der Waals surface area contributed by atoms with Crippen LogP contribution in [-0.2, 0) is 0 Å². The molecule has 2 heterocycles. The Kier molecular flexibility index (Phi) is 5.97. The fraction of sp³-hybridized carbons (Fsp3) is 0.522. The van der Waals surface area contributed by atoms with Gasteiger partial charge >= 0.3 is 0 Å². The number of amides is 1. The molecule has 1 aliphatic carbocycles. The van der Waals surface area contributed by atoms with Crippen LogP contribution >= 0.6 is 0 Å². The van der Waals surface area contributed by atoms with E-state index in [1.54, 1.807) is 0 Å². The molecular weight excluding hydrogens is 362 g/mol. The monoisotopic (exact) mass is 393 g/mol. The molecule has 154 valence electrons. The van der Waals surface area contributed by atoms with Gasteiger partial charge in [0.25, 0.3) is 5.91 Å². The largest absolute Gasteiger partial charge is 0.368 e. The lowest BCUT2D eigenvalue weighted by Gasteiger charge is -2.37. The van der Waals surface area contributed by atoms with Crippen LogP contribution in [0.4, 0.5) is 11.5 Å². The lowest BCUT2D eigenvalue weighted by molar-refractivity contribution is 0.0922. The van der Waals surface area contributed by atoms with Crippen LogP contribution in [0.1, 0.15) is 54.0 Å². The van der Waals surface area contributed by atoms with Gasteiger partial charge in [-0.25, -0.2) is 9.97 Å². The Morgan fingerprint density at radius 2 is 1.69 bits per heavy atom. The Morgan fingerprint density at radius 1 is 0.966 bits per heavy atom. The molecule has 1 aromatic carbocycles. The molecule has 1 saturated carbocycles. The summed E-state index contributed by atoms with van der Waals surface area (Å²) >= 11 is 0. The third kappa shape index (κ3) is 4.86. The summed E-state index contributed by atoms with van der Waals surface area (Å²) in [5, 5.41) is 3.17. The number of carbonyl (C=O) groups excluding carboxylic acids is 1. The average Bonchev–Trinajstić information content (AvgIpc) is 2.74. The van der Waals surface area contributed by atoms with Crippen molar-refractivity contribution in [2.45, 2.75) is 52.0 Å². The Bertz CT molecular complexity index is 854. The molecule has 1 saturated heterocycles. The predicted octanol–water partition coefficient (Wildman–Crippen LogP) is 3.48. The standard InChI is InChI=1S/C23H31N5O/c1-17-7-6-10-20(15-17)27-11-13-28(14-12-27)22-16-21(24-18(2)25-22)23(29)26-19-8-4-3-5-9-19/h6-7,10,15-16,19H,3-5,8-9,11-14H2,1-2H3,(H,26,29). The molecule has 0 unspecified atom stereocenters. The first kappa shape index (κ1) is 19.7. The van der Waals surface area contributed by atoms with Gasteiger partial charge in [-0.1, -0.05) is 31.4 Å². The molecule has 1 aliphatic heterocycles. The number of piperazine rings is 1. The molecule has 6 nitrogen and oxygen atoms in total. The van der Waals surface area contributed by atoms with Crippen molar-refractivity contribution in [3.05, 3.63) is 47.4 Å². The molecule has 2 aliphatic rings. The van der Waals surface area contributed by atoms with Gasteiger partial charge in [0.15, 0.2) is 0 Å². The number of aryl methyl sites for hydroxylation is 2. The molecule has 6 heteroatoms. The number of rotatable bonds is 4. The summed E-state index contributed by atoms with van der Waals surface area (Å²) < 4.78 is 0. The Labute approximate surface area is 173 Å². The maximum atomic E-state index is 12.7. The van der Waals surface area contributed by atoms with Crippen LogP contribution in [0.5, 0.6) is 0 Å². The van der Waals surface area contributed by atoms with Gasteiger partial charge in [0.05, 0.1) is 0 Å². The van der Waals surface area contributed by atoms with Gasteiger partial charge in [0.1, 0.15) is 17.3 Å². The van der Waals surface area contributed by atoms with Crippen molar-refractivity contribution in [1.29, 1.82) is 0 Å². The summed E-state index contributed by atoms with van der Waals surface area (Å²) in [5.41, 5.74) is 3.04. The molecule has 0 spiro atoms. The van der Waals surface area contributed by atoms with Gasteiger partial charge < -0.3 is 15.1 Å². The maximum absolute atomic E-state index is 12.7. The summed E-state index contributed by atoms with van der Waals surface area (Å²) in [7, 11) is 0. The molecule has 0 bridgehead atoms. The molecule has 2 aromatic rings. The van der Waals surface area contributed by atoms with Gasteiger partial charge in [0, 0.05) is 44.0 Å². The van der Waals surface area contributed by atoms with Gasteiger partial charge in [-0.2, -0.15) is 0 Å². The minimum Gasteiger partial charge on any atom is -0.368 e. The zero-order chi connectivity index (χ0) is 20.2. The van der Waals surface area contributed by atoms with E-state index in [2.05, 4.69) is 56.3 Å². The van der Waals surface area contributed by atoms with Crippen molar-refractivity contribution in [2.24, 2.45) is 0 Å². The van der Waals surface area contributed by atoms with E-state index in [9.17, 15) is 4.79 Å². The SMILES string of the molecule is Cc1cccc(N2CCN(c3cc(C(=O)NC4CCCCC4)nc(C)n3)CC2)c1. The van der Waals surface area contributed by atoms with E-state index in [4.69, 9.17) is 0 Å².